The summed E-state index contributed by atoms with van der Waals surface area (Å²) >= 11 is 0. The van der Waals surface area contributed by atoms with Crippen LogP contribution in [0.1, 0.15) is 25.0 Å². The third-order valence-electron chi connectivity index (χ3n) is 9.97. The standard InChI is InChI=1S/C43H29N3O/c1-43(2)40-28(29-22-24-36-39(41(29)43)31-18-10-12-20-35(31)47-36)21-23-34-38(40)30-17-9-11-19-33(30)46(34)37-25-32(26-13-5-3-6-14-26)44-42(45-37)27-15-7-4-8-16-27/h3-25H,1-2H3. The molecule has 0 amide bonds. The van der Waals surface area contributed by atoms with Crippen molar-refractivity contribution in [3.05, 3.63) is 151 Å². The molecule has 0 unspecified atom stereocenters. The van der Waals surface area contributed by atoms with Crippen molar-refractivity contribution in [2.75, 3.05) is 0 Å². The molecule has 3 aromatic heterocycles. The molecule has 0 saturated heterocycles. The zero-order chi connectivity index (χ0) is 31.3. The molecule has 0 spiro atoms. The Kier molecular flexibility index (Phi) is 5.31. The second kappa shape index (κ2) is 9.51. The molecule has 9 aromatic rings. The fourth-order valence-corrected chi connectivity index (χ4v) is 8.02. The third-order valence-corrected chi connectivity index (χ3v) is 9.97. The number of aromatic nitrogens is 3. The number of nitrogens with zero attached hydrogens (tertiary/aromatic N) is 3. The Labute approximate surface area is 271 Å². The normalized spacial score (nSPS) is 13.5. The molecule has 6 aromatic carbocycles. The average Bonchev–Trinajstić information content (AvgIpc) is 3.74. The fraction of sp³-hybridized carbons (Fsp3) is 0.0698. The summed E-state index contributed by atoms with van der Waals surface area (Å²) in [7, 11) is 0. The van der Waals surface area contributed by atoms with Crippen molar-refractivity contribution in [2.45, 2.75) is 19.3 Å². The van der Waals surface area contributed by atoms with E-state index in [1.165, 1.54) is 43.8 Å². The molecular weight excluding hydrogens is 574 g/mol. The molecule has 0 N–H and O–H groups in total. The van der Waals surface area contributed by atoms with E-state index in [4.69, 9.17) is 14.4 Å². The van der Waals surface area contributed by atoms with Gasteiger partial charge in [0.25, 0.3) is 0 Å². The molecule has 0 atom stereocenters. The zero-order valence-corrected chi connectivity index (χ0v) is 26.0. The van der Waals surface area contributed by atoms with Gasteiger partial charge >= 0.3 is 0 Å². The highest BCUT2D eigenvalue weighted by Gasteiger charge is 2.40. The maximum absolute atomic E-state index is 6.37. The van der Waals surface area contributed by atoms with Crippen LogP contribution in [0, 0.1) is 0 Å². The second-order valence-electron chi connectivity index (χ2n) is 13.0. The van der Waals surface area contributed by atoms with E-state index < -0.39 is 0 Å². The second-order valence-corrected chi connectivity index (χ2v) is 13.0. The molecule has 222 valence electrons. The lowest BCUT2D eigenvalue weighted by atomic mass is 9.79. The van der Waals surface area contributed by atoms with Crippen molar-refractivity contribution < 1.29 is 4.42 Å². The summed E-state index contributed by atoms with van der Waals surface area (Å²) in [4.78, 5) is 10.3. The van der Waals surface area contributed by atoms with E-state index in [1.807, 2.05) is 30.3 Å². The lowest BCUT2D eigenvalue weighted by Crippen LogP contribution is -2.16. The number of para-hydroxylation sites is 2. The lowest BCUT2D eigenvalue weighted by molar-refractivity contribution is 0.660. The van der Waals surface area contributed by atoms with E-state index in [-0.39, 0.29) is 5.41 Å². The predicted molar refractivity (Wildman–Crippen MR) is 192 cm³/mol. The molecule has 1 aliphatic rings. The van der Waals surface area contributed by atoms with Gasteiger partial charge in [0.2, 0.25) is 0 Å². The predicted octanol–water partition coefficient (Wildman–Crippen LogP) is 11.1. The highest BCUT2D eigenvalue weighted by atomic mass is 16.3. The van der Waals surface area contributed by atoms with Gasteiger partial charge in [0.15, 0.2) is 5.82 Å². The Balaban J connectivity index is 1.29. The summed E-state index contributed by atoms with van der Waals surface area (Å²) in [6, 6.07) is 48.9. The minimum absolute atomic E-state index is 0.276. The molecule has 1 aliphatic carbocycles. The Hall–Kier alpha value is -6.00. The Morgan fingerprint density at radius 1 is 0.532 bits per heavy atom. The van der Waals surface area contributed by atoms with Crippen LogP contribution in [0.3, 0.4) is 0 Å². The maximum atomic E-state index is 6.37. The first-order valence-electron chi connectivity index (χ1n) is 16.1. The molecule has 4 heteroatoms. The van der Waals surface area contributed by atoms with Crippen LogP contribution in [-0.4, -0.2) is 14.5 Å². The summed E-state index contributed by atoms with van der Waals surface area (Å²) in [5, 5.41) is 4.87. The summed E-state index contributed by atoms with van der Waals surface area (Å²) < 4.78 is 8.69. The van der Waals surface area contributed by atoms with Crippen LogP contribution in [0.4, 0.5) is 0 Å². The number of rotatable bonds is 3. The summed E-state index contributed by atoms with van der Waals surface area (Å²) in [6.45, 7) is 4.74. The van der Waals surface area contributed by atoms with Gasteiger partial charge in [0.1, 0.15) is 17.0 Å². The quantitative estimate of drug-likeness (QED) is 0.202. The minimum Gasteiger partial charge on any atom is -0.456 e. The highest BCUT2D eigenvalue weighted by Crippen LogP contribution is 2.56. The number of hydrogen-bond donors (Lipinski definition) is 0. The lowest BCUT2D eigenvalue weighted by Gasteiger charge is -2.23. The number of benzene rings is 6. The summed E-state index contributed by atoms with van der Waals surface area (Å²) in [6.07, 6.45) is 0. The van der Waals surface area contributed by atoms with Crippen molar-refractivity contribution in [2.24, 2.45) is 0 Å². The van der Waals surface area contributed by atoms with E-state index in [2.05, 4.69) is 128 Å². The van der Waals surface area contributed by atoms with Crippen LogP contribution < -0.4 is 0 Å². The van der Waals surface area contributed by atoms with Gasteiger partial charge in [-0.1, -0.05) is 123 Å². The van der Waals surface area contributed by atoms with Crippen molar-refractivity contribution in [3.63, 3.8) is 0 Å². The molecule has 0 radical (unpaired) electrons. The number of hydrogen-bond acceptors (Lipinski definition) is 3. The molecule has 0 bridgehead atoms. The van der Waals surface area contributed by atoms with E-state index in [0.29, 0.717) is 5.82 Å². The number of furan rings is 1. The molecule has 0 fully saturated rings. The van der Waals surface area contributed by atoms with Crippen molar-refractivity contribution in [1.82, 2.24) is 14.5 Å². The van der Waals surface area contributed by atoms with Crippen LogP contribution in [-0.2, 0) is 5.41 Å². The van der Waals surface area contributed by atoms with Crippen LogP contribution in [0.2, 0.25) is 0 Å². The van der Waals surface area contributed by atoms with Gasteiger partial charge in [-0.25, -0.2) is 9.97 Å². The van der Waals surface area contributed by atoms with Gasteiger partial charge in [-0.15, -0.1) is 0 Å². The molecule has 10 rings (SSSR count). The summed E-state index contributed by atoms with van der Waals surface area (Å²) in [5.41, 5.74) is 12.0. The maximum Gasteiger partial charge on any atom is 0.162 e. The van der Waals surface area contributed by atoms with Gasteiger partial charge in [-0.2, -0.15) is 0 Å². The first kappa shape index (κ1) is 26.2. The summed E-state index contributed by atoms with van der Waals surface area (Å²) in [5.74, 6) is 1.55. The first-order valence-corrected chi connectivity index (χ1v) is 16.1. The van der Waals surface area contributed by atoms with Gasteiger partial charge < -0.3 is 4.42 Å². The molecular formula is C43H29N3O. The molecule has 4 nitrogen and oxygen atoms in total. The van der Waals surface area contributed by atoms with E-state index in [0.717, 1.165) is 44.8 Å². The zero-order valence-electron chi connectivity index (χ0n) is 26.0. The third kappa shape index (κ3) is 3.64. The van der Waals surface area contributed by atoms with Gasteiger partial charge in [0.05, 0.1) is 16.7 Å². The van der Waals surface area contributed by atoms with Gasteiger partial charge in [-0.05, 0) is 46.5 Å². The fourth-order valence-electron chi connectivity index (χ4n) is 8.02. The van der Waals surface area contributed by atoms with Crippen molar-refractivity contribution in [3.8, 4) is 39.6 Å². The first-order chi connectivity index (χ1) is 23.1. The largest absolute Gasteiger partial charge is 0.456 e. The van der Waals surface area contributed by atoms with Crippen LogP contribution in [0.25, 0.3) is 83.3 Å². The smallest absolute Gasteiger partial charge is 0.162 e. The molecule has 47 heavy (non-hydrogen) atoms. The monoisotopic (exact) mass is 603 g/mol. The highest BCUT2D eigenvalue weighted by molar-refractivity contribution is 6.17. The van der Waals surface area contributed by atoms with E-state index >= 15 is 0 Å². The Bertz CT molecular complexity index is 2640. The van der Waals surface area contributed by atoms with Crippen LogP contribution in [0.5, 0.6) is 0 Å². The Morgan fingerprint density at radius 3 is 1.96 bits per heavy atom. The SMILES string of the molecule is CC1(C)c2c(ccc3oc4ccccc4c23)-c2ccc3c(c21)c1ccccc1n3-c1cc(-c2ccccc2)nc(-c2ccccc2)n1. The topological polar surface area (TPSA) is 43.9 Å². The van der Waals surface area contributed by atoms with E-state index in [9.17, 15) is 0 Å². The van der Waals surface area contributed by atoms with Gasteiger partial charge in [0, 0.05) is 44.2 Å². The minimum atomic E-state index is -0.276. The van der Waals surface area contributed by atoms with Crippen LogP contribution >= 0.6 is 0 Å². The Morgan fingerprint density at radius 2 is 1.17 bits per heavy atom. The molecule has 0 saturated carbocycles. The van der Waals surface area contributed by atoms with Crippen molar-refractivity contribution in [1.29, 1.82) is 0 Å². The average molecular weight is 604 g/mol. The van der Waals surface area contributed by atoms with Crippen LogP contribution in [0.15, 0.2) is 144 Å². The molecule has 3 heterocycles. The van der Waals surface area contributed by atoms with Gasteiger partial charge in [-0.3, -0.25) is 4.57 Å². The van der Waals surface area contributed by atoms with Crippen molar-refractivity contribution >= 4 is 43.7 Å². The molecule has 0 aliphatic heterocycles. The number of fused-ring (bicyclic) bond motifs is 11. The van der Waals surface area contributed by atoms with E-state index in [1.54, 1.807) is 0 Å².